The number of nitrogens with zero attached hydrogens (tertiary/aromatic N) is 1. The average Bonchev–Trinajstić information content (AvgIpc) is 3.25. The number of hydrogen-bond donors (Lipinski definition) is 3. The van der Waals surface area contributed by atoms with Crippen molar-refractivity contribution in [1.82, 2.24) is 5.32 Å². The summed E-state index contributed by atoms with van der Waals surface area (Å²) in [6, 6.07) is -0.875. The van der Waals surface area contributed by atoms with Crippen molar-refractivity contribution in [2.45, 2.75) is 219 Å². The number of quaternary nitrogens is 1. The molecule has 0 aliphatic rings. The fourth-order valence-electron chi connectivity index (χ4n) is 7.02. The first kappa shape index (κ1) is 61.7. The fourth-order valence-corrected chi connectivity index (χ4v) is 7.76. The van der Waals surface area contributed by atoms with E-state index >= 15 is 0 Å². The molecule has 0 saturated carbocycles. The number of nitrogens with one attached hydrogen (secondary N) is 1. The van der Waals surface area contributed by atoms with Crippen LogP contribution in [0.15, 0.2) is 85.1 Å². The lowest BCUT2D eigenvalue weighted by atomic mass is 10.0. The molecule has 0 saturated heterocycles. The zero-order chi connectivity index (χ0) is 47.1. The van der Waals surface area contributed by atoms with Crippen LogP contribution in [0.4, 0.5) is 0 Å². The van der Waals surface area contributed by atoms with E-state index in [2.05, 4.69) is 92.1 Å². The van der Waals surface area contributed by atoms with E-state index in [9.17, 15) is 19.4 Å². The maximum Gasteiger partial charge on any atom is 0.472 e. The predicted octanol–water partition coefficient (Wildman–Crippen LogP) is 15.3. The Balaban J connectivity index is 4.39. The first-order chi connectivity index (χ1) is 31.0. The highest BCUT2D eigenvalue weighted by molar-refractivity contribution is 7.47. The Morgan fingerprint density at radius 2 is 0.953 bits per heavy atom. The van der Waals surface area contributed by atoms with Gasteiger partial charge in [0.25, 0.3) is 0 Å². The number of aliphatic hydroxyl groups excluding tert-OH is 1. The Kier molecular flexibility index (Phi) is 44.2. The summed E-state index contributed by atoms with van der Waals surface area (Å²) in [5.74, 6) is -0.201. The number of carbonyl (C=O) groups excluding carboxylic acids is 1. The summed E-state index contributed by atoms with van der Waals surface area (Å²) in [6.07, 6.45) is 63.8. The van der Waals surface area contributed by atoms with Crippen LogP contribution < -0.4 is 5.32 Å². The zero-order valence-corrected chi connectivity index (χ0v) is 42.9. The molecular formula is C55H100N2O6P+. The van der Waals surface area contributed by atoms with Crippen molar-refractivity contribution in [2.24, 2.45) is 0 Å². The summed E-state index contributed by atoms with van der Waals surface area (Å²) in [6.45, 7) is 4.67. The summed E-state index contributed by atoms with van der Waals surface area (Å²) in [5.41, 5.74) is 0. The van der Waals surface area contributed by atoms with Gasteiger partial charge in [0.15, 0.2) is 0 Å². The van der Waals surface area contributed by atoms with Gasteiger partial charge in [0.1, 0.15) is 13.2 Å². The molecular weight excluding hydrogens is 816 g/mol. The second kappa shape index (κ2) is 45.8. The molecule has 3 N–H and O–H groups in total. The van der Waals surface area contributed by atoms with E-state index < -0.39 is 20.0 Å². The van der Waals surface area contributed by atoms with Crippen molar-refractivity contribution in [3.8, 4) is 0 Å². The highest BCUT2D eigenvalue weighted by Gasteiger charge is 2.27. The predicted molar refractivity (Wildman–Crippen MR) is 276 cm³/mol. The van der Waals surface area contributed by atoms with E-state index in [4.69, 9.17) is 9.05 Å². The molecule has 0 aliphatic carbocycles. The van der Waals surface area contributed by atoms with E-state index in [1.807, 2.05) is 27.2 Å². The van der Waals surface area contributed by atoms with Crippen molar-refractivity contribution < 1.29 is 32.9 Å². The number of aliphatic hydroxyl groups is 1. The molecule has 0 heterocycles. The van der Waals surface area contributed by atoms with Crippen LogP contribution in [0.3, 0.4) is 0 Å². The third kappa shape index (κ3) is 47.6. The van der Waals surface area contributed by atoms with Crippen LogP contribution in [-0.2, 0) is 18.4 Å². The molecule has 0 aromatic carbocycles. The monoisotopic (exact) mass is 916 g/mol. The maximum absolute atomic E-state index is 12.9. The number of allylic oxidation sites excluding steroid dienone is 13. The number of hydrogen-bond acceptors (Lipinski definition) is 5. The minimum Gasteiger partial charge on any atom is -0.387 e. The van der Waals surface area contributed by atoms with Crippen LogP contribution in [0.5, 0.6) is 0 Å². The normalized spacial score (nSPS) is 14.8. The second-order valence-electron chi connectivity index (χ2n) is 18.5. The van der Waals surface area contributed by atoms with E-state index in [1.165, 1.54) is 103 Å². The molecule has 0 fully saturated rings. The van der Waals surface area contributed by atoms with Gasteiger partial charge in [-0.15, -0.1) is 0 Å². The molecule has 0 bridgehead atoms. The molecule has 3 unspecified atom stereocenters. The van der Waals surface area contributed by atoms with Gasteiger partial charge in [-0.3, -0.25) is 13.8 Å². The average molecular weight is 916 g/mol. The minimum atomic E-state index is -4.36. The van der Waals surface area contributed by atoms with Crippen molar-refractivity contribution >= 4 is 13.7 Å². The fraction of sp³-hybridized carbons (Fsp3) is 0.727. The van der Waals surface area contributed by atoms with Crippen LogP contribution in [0.25, 0.3) is 0 Å². The van der Waals surface area contributed by atoms with Gasteiger partial charge in [-0.05, 0) is 77.0 Å². The minimum absolute atomic E-state index is 0.0495. The van der Waals surface area contributed by atoms with Gasteiger partial charge in [0.2, 0.25) is 5.91 Å². The van der Waals surface area contributed by atoms with Gasteiger partial charge in [-0.2, -0.15) is 0 Å². The highest BCUT2D eigenvalue weighted by Crippen LogP contribution is 2.43. The largest absolute Gasteiger partial charge is 0.472 e. The third-order valence-electron chi connectivity index (χ3n) is 11.1. The second-order valence-corrected chi connectivity index (χ2v) is 20.0. The van der Waals surface area contributed by atoms with Gasteiger partial charge in [-0.1, -0.05) is 208 Å². The third-order valence-corrected chi connectivity index (χ3v) is 12.1. The van der Waals surface area contributed by atoms with E-state index in [0.29, 0.717) is 17.4 Å². The van der Waals surface area contributed by atoms with Crippen LogP contribution in [-0.4, -0.2) is 73.4 Å². The van der Waals surface area contributed by atoms with Gasteiger partial charge >= 0.3 is 7.82 Å². The zero-order valence-electron chi connectivity index (χ0n) is 42.0. The molecule has 64 heavy (non-hydrogen) atoms. The number of phosphoric ester groups is 1. The molecule has 0 radical (unpaired) electrons. The Hall–Kier alpha value is -2.32. The number of phosphoric acid groups is 1. The van der Waals surface area contributed by atoms with E-state index in [1.54, 1.807) is 6.08 Å². The first-order valence-electron chi connectivity index (χ1n) is 26.0. The van der Waals surface area contributed by atoms with Gasteiger partial charge in [0.05, 0.1) is 39.9 Å². The van der Waals surface area contributed by atoms with Crippen molar-refractivity contribution in [1.29, 1.82) is 0 Å². The quantitative estimate of drug-likeness (QED) is 0.0243. The molecule has 0 spiro atoms. The lowest BCUT2D eigenvalue weighted by Crippen LogP contribution is -2.45. The van der Waals surface area contributed by atoms with Crippen LogP contribution in [0, 0.1) is 0 Å². The Morgan fingerprint density at radius 1 is 0.547 bits per heavy atom. The molecule has 370 valence electrons. The number of rotatable bonds is 46. The van der Waals surface area contributed by atoms with Crippen molar-refractivity contribution in [3.63, 3.8) is 0 Å². The Labute approximate surface area is 395 Å². The molecule has 0 aromatic heterocycles. The number of amides is 1. The van der Waals surface area contributed by atoms with Gasteiger partial charge in [0, 0.05) is 6.42 Å². The molecule has 8 nitrogen and oxygen atoms in total. The summed E-state index contributed by atoms with van der Waals surface area (Å²) in [5, 5.41) is 13.9. The van der Waals surface area contributed by atoms with Crippen molar-refractivity contribution in [2.75, 3.05) is 40.9 Å². The highest BCUT2D eigenvalue weighted by atomic mass is 31.2. The topological polar surface area (TPSA) is 105 Å². The molecule has 0 aliphatic heterocycles. The standard InChI is InChI=1S/C55H99N2O6P/c1-6-8-10-12-14-16-18-20-22-24-26-27-28-29-31-33-35-37-39-41-43-45-47-49-55(59)56-53(52-63-64(60,61)62-51-50-57(3,4)5)54(58)48-46-44-42-40-38-36-34-32-30-25-23-21-19-17-15-13-11-9-7-2/h8,10,14,16,20,22,26-27,29,31,38,40,46,48,53-54,58H,6-7,9,11-13,15,17-19,21,23-25,28,30,32-37,39,41-45,47,49-52H2,1-5H3,(H-,56,59,60,61)/p+1/b10-8-,16-14-,22-20-,27-26-,31-29-,40-38+,48-46+. The van der Waals surface area contributed by atoms with Gasteiger partial charge < -0.3 is 19.8 Å². The first-order valence-corrected chi connectivity index (χ1v) is 27.5. The van der Waals surface area contributed by atoms with E-state index in [0.717, 1.165) is 83.5 Å². The number of unbranched alkanes of at least 4 members (excludes halogenated alkanes) is 21. The Bertz CT molecular complexity index is 1310. The summed E-state index contributed by atoms with van der Waals surface area (Å²) >= 11 is 0. The van der Waals surface area contributed by atoms with Crippen LogP contribution in [0.2, 0.25) is 0 Å². The van der Waals surface area contributed by atoms with Gasteiger partial charge in [-0.25, -0.2) is 4.57 Å². The summed E-state index contributed by atoms with van der Waals surface area (Å²) < 4.78 is 23.6. The van der Waals surface area contributed by atoms with E-state index in [-0.39, 0.29) is 19.1 Å². The maximum atomic E-state index is 12.9. The lowest BCUT2D eigenvalue weighted by Gasteiger charge is -2.25. The van der Waals surface area contributed by atoms with Crippen LogP contribution >= 0.6 is 7.82 Å². The molecule has 3 atom stereocenters. The number of carbonyl (C=O) groups is 1. The summed E-state index contributed by atoms with van der Waals surface area (Å²) in [7, 11) is 1.53. The molecule has 9 heteroatoms. The van der Waals surface area contributed by atoms with Crippen LogP contribution in [0.1, 0.15) is 206 Å². The smallest absolute Gasteiger partial charge is 0.387 e. The molecule has 1 amide bonds. The SMILES string of the molecule is CC/C=C\C/C=C\C/C=C\C/C=C\C/C=C\CCCCCCCCCC(=O)NC(COP(=O)(O)OCC[N+](C)(C)C)C(O)/C=C/CC/C=C/CCCCCCCCCCCCCCC. The molecule has 0 aromatic rings. The lowest BCUT2D eigenvalue weighted by molar-refractivity contribution is -0.870. The van der Waals surface area contributed by atoms with Crippen molar-refractivity contribution in [3.05, 3.63) is 85.1 Å². The molecule has 0 rings (SSSR count). The summed E-state index contributed by atoms with van der Waals surface area (Å²) in [4.78, 5) is 23.2. The Morgan fingerprint density at radius 3 is 1.44 bits per heavy atom. The number of likely N-dealkylation sites (N-methyl/N-ethyl adjacent to an activating group) is 1.